The Morgan fingerprint density at radius 3 is 2.00 bits per heavy atom. The zero-order valence-electron chi connectivity index (χ0n) is 8.08. The third-order valence-electron chi connectivity index (χ3n) is 2.74. The molecule has 1 rings (SSSR count). The summed E-state index contributed by atoms with van der Waals surface area (Å²) in [7, 11) is 1.17. The van der Waals surface area contributed by atoms with Gasteiger partial charge in [-0.25, -0.2) is 0 Å². The molecule has 0 bridgehead atoms. The lowest BCUT2D eigenvalue weighted by Crippen LogP contribution is -2.11. The number of benzene rings is 1. The van der Waals surface area contributed by atoms with Crippen LogP contribution in [0.3, 0.4) is 0 Å². The molecule has 1 heteroatoms. The topological polar surface area (TPSA) is 0 Å². The van der Waals surface area contributed by atoms with Gasteiger partial charge in [0.15, 0.2) is 0 Å². The third kappa shape index (κ3) is 1.38. The largest absolute Gasteiger partial charge is 0.0674 e. The second kappa shape index (κ2) is 2.82. The summed E-state index contributed by atoms with van der Waals surface area (Å²) in [6, 6.07) is 2.32. The van der Waals surface area contributed by atoms with E-state index in [1.54, 1.807) is 5.19 Å². The number of hydrogen-bond acceptors (Lipinski definition) is 0. The van der Waals surface area contributed by atoms with Gasteiger partial charge in [0.25, 0.3) is 0 Å². The zero-order valence-corrected chi connectivity index (χ0v) is 10.1. The Morgan fingerprint density at radius 2 is 1.45 bits per heavy atom. The minimum absolute atomic E-state index is 1.17. The summed E-state index contributed by atoms with van der Waals surface area (Å²) >= 11 is 0. The van der Waals surface area contributed by atoms with Crippen LogP contribution in [0.1, 0.15) is 22.3 Å². The molecule has 0 N–H and O–H groups in total. The van der Waals surface area contributed by atoms with Crippen molar-refractivity contribution in [1.29, 1.82) is 0 Å². The molecule has 0 aliphatic carbocycles. The van der Waals surface area contributed by atoms with Gasteiger partial charge in [0.1, 0.15) is 0 Å². The van der Waals surface area contributed by atoms with Crippen LogP contribution in [-0.4, -0.2) is 10.2 Å². The quantitative estimate of drug-likeness (QED) is 0.500. The van der Waals surface area contributed by atoms with Crippen LogP contribution in [-0.2, 0) is 0 Å². The van der Waals surface area contributed by atoms with E-state index in [1.165, 1.54) is 32.5 Å². The standard InChI is InChI=1S/C10H16Si/c1-6-5-10(11)9(4)8(3)7(6)2/h5H,1-4,11H3. The van der Waals surface area contributed by atoms with Crippen LogP contribution >= 0.6 is 0 Å². The fourth-order valence-corrected chi connectivity index (χ4v) is 2.22. The van der Waals surface area contributed by atoms with Gasteiger partial charge in [-0.15, -0.1) is 0 Å². The zero-order chi connectivity index (χ0) is 8.59. The maximum absolute atomic E-state index is 2.32. The van der Waals surface area contributed by atoms with Gasteiger partial charge in [-0.2, -0.15) is 0 Å². The first-order valence-corrected chi connectivity index (χ1v) is 5.08. The monoisotopic (exact) mass is 164 g/mol. The number of rotatable bonds is 0. The van der Waals surface area contributed by atoms with E-state index in [-0.39, 0.29) is 0 Å². The minimum atomic E-state index is 1.17. The van der Waals surface area contributed by atoms with E-state index in [4.69, 9.17) is 0 Å². The first kappa shape index (κ1) is 8.53. The van der Waals surface area contributed by atoms with Crippen LogP contribution in [0.2, 0.25) is 0 Å². The average molecular weight is 164 g/mol. The molecular formula is C10H16Si. The van der Waals surface area contributed by atoms with Gasteiger partial charge in [-0.05, 0) is 49.9 Å². The van der Waals surface area contributed by atoms with Gasteiger partial charge in [-0.3, -0.25) is 0 Å². The molecule has 0 radical (unpaired) electrons. The van der Waals surface area contributed by atoms with Crippen molar-refractivity contribution in [3.05, 3.63) is 28.3 Å². The predicted molar refractivity (Wildman–Crippen MR) is 55.0 cm³/mol. The van der Waals surface area contributed by atoms with Crippen LogP contribution < -0.4 is 5.19 Å². The van der Waals surface area contributed by atoms with Crippen molar-refractivity contribution in [3.8, 4) is 0 Å². The van der Waals surface area contributed by atoms with Crippen LogP contribution in [0.5, 0.6) is 0 Å². The molecule has 0 aliphatic rings. The van der Waals surface area contributed by atoms with Crippen molar-refractivity contribution in [2.75, 3.05) is 0 Å². The maximum Gasteiger partial charge on any atom is 0.0388 e. The van der Waals surface area contributed by atoms with Crippen molar-refractivity contribution in [1.82, 2.24) is 0 Å². The van der Waals surface area contributed by atoms with E-state index in [0.717, 1.165) is 0 Å². The summed E-state index contributed by atoms with van der Waals surface area (Å²) in [6.45, 7) is 8.85. The molecule has 0 aromatic heterocycles. The highest BCUT2D eigenvalue weighted by atomic mass is 28.1. The smallest absolute Gasteiger partial charge is 0.0388 e. The summed E-state index contributed by atoms with van der Waals surface area (Å²) in [5.41, 5.74) is 5.88. The van der Waals surface area contributed by atoms with Crippen molar-refractivity contribution >= 4 is 15.4 Å². The van der Waals surface area contributed by atoms with Gasteiger partial charge < -0.3 is 0 Å². The number of aryl methyl sites for hydroxylation is 1. The highest BCUT2D eigenvalue weighted by molar-refractivity contribution is 6.33. The van der Waals surface area contributed by atoms with E-state index < -0.39 is 0 Å². The van der Waals surface area contributed by atoms with Crippen LogP contribution in [0.15, 0.2) is 6.07 Å². The Hall–Kier alpha value is -0.563. The van der Waals surface area contributed by atoms with Crippen molar-refractivity contribution in [3.63, 3.8) is 0 Å². The van der Waals surface area contributed by atoms with Crippen molar-refractivity contribution in [2.45, 2.75) is 27.7 Å². The summed E-state index contributed by atoms with van der Waals surface area (Å²) in [6.07, 6.45) is 0. The maximum atomic E-state index is 2.32. The Bertz CT molecular complexity index is 261. The first-order chi connectivity index (χ1) is 5.04. The first-order valence-electron chi connectivity index (χ1n) is 4.08. The molecule has 60 valence electrons. The molecule has 0 unspecified atom stereocenters. The third-order valence-corrected chi connectivity index (χ3v) is 3.78. The molecule has 1 aromatic carbocycles. The van der Waals surface area contributed by atoms with E-state index in [9.17, 15) is 0 Å². The minimum Gasteiger partial charge on any atom is -0.0674 e. The molecule has 0 aliphatic heterocycles. The van der Waals surface area contributed by atoms with Gasteiger partial charge in [0, 0.05) is 10.2 Å². The van der Waals surface area contributed by atoms with Crippen LogP contribution in [0.25, 0.3) is 0 Å². The molecule has 0 saturated heterocycles. The van der Waals surface area contributed by atoms with E-state index in [2.05, 4.69) is 33.8 Å². The summed E-state index contributed by atoms with van der Waals surface area (Å²) in [5.74, 6) is 0. The Kier molecular flexibility index (Phi) is 2.19. The lowest BCUT2D eigenvalue weighted by atomic mass is 10.00. The molecule has 0 amide bonds. The molecule has 0 saturated carbocycles. The second-order valence-corrected chi connectivity index (χ2v) is 4.46. The van der Waals surface area contributed by atoms with Gasteiger partial charge >= 0.3 is 0 Å². The van der Waals surface area contributed by atoms with Crippen molar-refractivity contribution < 1.29 is 0 Å². The van der Waals surface area contributed by atoms with E-state index >= 15 is 0 Å². The summed E-state index contributed by atoms with van der Waals surface area (Å²) in [5, 5.41) is 1.55. The van der Waals surface area contributed by atoms with Gasteiger partial charge in [-0.1, -0.05) is 11.3 Å². The highest BCUT2D eigenvalue weighted by Gasteiger charge is 2.02. The molecule has 0 nitrogen and oxygen atoms in total. The van der Waals surface area contributed by atoms with E-state index in [1.807, 2.05) is 0 Å². The molecule has 1 aromatic rings. The normalized spacial score (nSPS) is 10.5. The molecule has 0 spiro atoms. The summed E-state index contributed by atoms with van der Waals surface area (Å²) in [4.78, 5) is 0. The fraction of sp³-hybridized carbons (Fsp3) is 0.400. The molecule has 11 heavy (non-hydrogen) atoms. The Morgan fingerprint density at radius 1 is 0.909 bits per heavy atom. The summed E-state index contributed by atoms with van der Waals surface area (Å²) < 4.78 is 0. The van der Waals surface area contributed by atoms with Crippen LogP contribution in [0.4, 0.5) is 0 Å². The fourth-order valence-electron chi connectivity index (χ4n) is 1.41. The average Bonchev–Trinajstić information content (AvgIpc) is 1.97. The number of hydrogen-bond donors (Lipinski definition) is 0. The highest BCUT2D eigenvalue weighted by Crippen LogP contribution is 2.13. The second-order valence-electron chi connectivity index (χ2n) is 3.39. The Balaban J connectivity index is 3.46. The molecule has 0 fully saturated rings. The van der Waals surface area contributed by atoms with Gasteiger partial charge in [0.05, 0.1) is 0 Å². The van der Waals surface area contributed by atoms with Crippen molar-refractivity contribution in [2.24, 2.45) is 0 Å². The molecular weight excluding hydrogens is 148 g/mol. The van der Waals surface area contributed by atoms with E-state index in [0.29, 0.717) is 0 Å². The lowest BCUT2D eigenvalue weighted by Gasteiger charge is -2.10. The SMILES string of the molecule is Cc1cc([SiH3])c(C)c(C)c1C. The lowest BCUT2D eigenvalue weighted by molar-refractivity contribution is 1.23. The molecule has 0 atom stereocenters. The van der Waals surface area contributed by atoms with Gasteiger partial charge in [0.2, 0.25) is 0 Å². The Labute approximate surface area is 72.1 Å². The predicted octanol–water partition coefficient (Wildman–Crippen LogP) is 0.911. The molecule has 0 heterocycles. The van der Waals surface area contributed by atoms with Crippen LogP contribution in [0, 0.1) is 27.7 Å².